The van der Waals surface area contributed by atoms with Crippen LogP contribution in [0.1, 0.15) is 11.3 Å². The Kier molecular flexibility index (Phi) is 7.07. The summed E-state index contributed by atoms with van der Waals surface area (Å²) < 4.78 is 17.0. The Balaban J connectivity index is 1.30. The van der Waals surface area contributed by atoms with Crippen LogP contribution in [-0.4, -0.2) is 34.1 Å². The third-order valence-electron chi connectivity index (χ3n) is 4.75. The number of aromatic nitrogens is 2. The Bertz CT molecular complexity index is 1140. The lowest BCUT2D eigenvalue weighted by atomic mass is 10.1. The van der Waals surface area contributed by atoms with Gasteiger partial charge in [0, 0.05) is 35.9 Å². The maximum absolute atomic E-state index is 14.5. The number of carbonyl (C=O) groups excluding carboxylic acids is 1. The molecule has 162 valence electrons. The standard InChI is InChI=1S/C20H19FIN5O3S/c21-15-8-13(27-6-5-23-10-19(27)28)1-3-16(15)25-20(29)17-7-12(9-24-17)26-30-11-14-2-4-18(22)31-14/h1-6,8,10,12,17,24,26H,7,9,11H2,(H,25,29)/t12-,17-/m0/s1. The number of nitrogens with zero attached hydrogens (tertiary/aromatic N) is 2. The molecule has 1 aliphatic rings. The molecule has 3 N–H and O–H groups in total. The molecule has 0 saturated carbocycles. The number of hydrogen-bond donors (Lipinski definition) is 3. The smallest absolute Gasteiger partial charge is 0.273 e. The number of nitrogens with one attached hydrogen (secondary N) is 3. The van der Waals surface area contributed by atoms with Crippen LogP contribution in [0.4, 0.5) is 10.1 Å². The number of hydrogen-bond acceptors (Lipinski definition) is 7. The van der Waals surface area contributed by atoms with Gasteiger partial charge in [-0.1, -0.05) is 0 Å². The number of carbonyl (C=O) groups is 1. The van der Waals surface area contributed by atoms with Crippen LogP contribution in [0.15, 0.2) is 53.7 Å². The van der Waals surface area contributed by atoms with Gasteiger partial charge >= 0.3 is 0 Å². The van der Waals surface area contributed by atoms with E-state index in [1.807, 2.05) is 12.1 Å². The molecule has 1 aromatic carbocycles. The van der Waals surface area contributed by atoms with Gasteiger partial charge in [0.25, 0.3) is 5.56 Å². The molecule has 4 rings (SSSR count). The van der Waals surface area contributed by atoms with Gasteiger partial charge < -0.3 is 10.6 Å². The van der Waals surface area contributed by atoms with Crippen molar-refractivity contribution in [2.24, 2.45) is 0 Å². The van der Waals surface area contributed by atoms with Crippen LogP contribution in [0.2, 0.25) is 0 Å². The largest absolute Gasteiger partial charge is 0.322 e. The van der Waals surface area contributed by atoms with E-state index in [1.165, 1.54) is 32.0 Å². The topological polar surface area (TPSA) is 97.3 Å². The average Bonchev–Trinajstić information content (AvgIpc) is 3.39. The highest BCUT2D eigenvalue weighted by atomic mass is 127. The first-order chi connectivity index (χ1) is 15.0. The van der Waals surface area contributed by atoms with E-state index in [1.54, 1.807) is 17.4 Å². The third kappa shape index (κ3) is 5.54. The summed E-state index contributed by atoms with van der Waals surface area (Å²) in [5, 5.41) is 5.72. The molecular formula is C20H19FIN5O3S. The highest BCUT2D eigenvalue weighted by Gasteiger charge is 2.30. The number of anilines is 1. The van der Waals surface area contributed by atoms with Crippen LogP contribution in [0.3, 0.4) is 0 Å². The lowest BCUT2D eigenvalue weighted by Crippen LogP contribution is -2.35. The van der Waals surface area contributed by atoms with E-state index >= 15 is 0 Å². The Hall–Kier alpha value is -2.19. The Morgan fingerprint density at radius 2 is 2.26 bits per heavy atom. The van der Waals surface area contributed by atoms with Crippen LogP contribution in [0.25, 0.3) is 5.69 Å². The fourth-order valence-electron chi connectivity index (χ4n) is 3.22. The molecular weight excluding hydrogens is 536 g/mol. The number of thiophene rings is 1. The first kappa shape index (κ1) is 22.0. The lowest BCUT2D eigenvalue weighted by Gasteiger charge is -2.14. The Morgan fingerprint density at radius 3 is 3.00 bits per heavy atom. The predicted molar refractivity (Wildman–Crippen MR) is 124 cm³/mol. The summed E-state index contributed by atoms with van der Waals surface area (Å²) in [6, 6.07) is 7.75. The lowest BCUT2D eigenvalue weighted by molar-refractivity contribution is -0.117. The number of rotatable bonds is 7. The molecule has 0 unspecified atom stereocenters. The van der Waals surface area contributed by atoms with Gasteiger partial charge in [0.1, 0.15) is 12.4 Å². The average molecular weight is 555 g/mol. The van der Waals surface area contributed by atoms with Crippen LogP contribution in [0.5, 0.6) is 0 Å². The highest BCUT2D eigenvalue weighted by Crippen LogP contribution is 2.20. The second-order valence-corrected chi connectivity index (χ2v) is 10.0. The molecule has 3 heterocycles. The first-order valence-electron chi connectivity index (χ1n) is 9.48. The van der Waals surface area contributed by atoms with Crippen molar-refractivity contribution in [2.75, 3.05) is 11.9 Å². The fourth-order valence-corrected chi connectivity index (χ4v) is 4.89. The van der Waals surface area contributed by atoms with Crippen LogP contribution in [0, 0.1) is 8.70 Å². The van der Waals surface area contributed by atoms with E-state index in [2.05, 4.69) is 43.7 Å². The molecule has 1 saturated heterocycles. The number of amides is 1. The van der Waals surface area contributed by atoms with E-state index in [0.29, 0.717) is 25.3 Å². The van der Waals surface area contributed by atoms with Crippen LogP contribution in [-0.2, 0) is 16.2 Å². The second-order valence-electron chi connectivity index (χ2n) is 6.94. The molecule has 0 radical (unpaired) electrons. The summed E-state index contributed by atoms with van der Waals surface area (Å²) in [4.78, 5) is 34.8. The minimum Gasteiger partial charge on any atom is -0.322 e. The van der Waals surface area contributed by atoms with E-state index in [-0.39, 0.29) is 23.2 Å². The fraction of sp³-hybridized carbons (Fsp3) is 0.250. The van der Waals surface area contributed by atoms with Gasteiger partial charge in [0.2, 0.25) is 5.91 Å². The van der Waals surface area contributed by atoms with E-state index < -0.39 is 11.9 Å². The molecule has 11 heteroatoms. The number of benzene rings is 1. The van der Waals surface area contributed by atoms with E-state index in [4.69, 9.17) is 4.84 Å². The summed E-state index contributed by atoms with van der Waals surface area (Å²) in [5.74, 6) is -0.957. The third-order valence-corrected chi connectivity index (χ3v) is 6.62. The molecule has 31 heavy (non-hydrogen) atoms. The van der Waals surface area contributed by atoms with Crippen molar-refractivity contribution < 1.29 is 14.0 Å². The minimum absolute atomic E-state index is 0.0272. The summed E-state index contributed by atoms with van der Waals surface area (Å²) in [6.07, 6.45) is 4.55. The van der Waals surface area contributed by atoms with Crippen molar-refractivity contribution in [3.63, 3.8) is 0 Å². The minimum atomic E-state index is -0.629. The van der Waals surface area contributed by atoms with E-state index in [9.17, 15) is 14.0 Å². The molecule has 2 atom stereocenters. The second kappa shape index (κ2) is 9.96. The SMILES string of the molecule is O=C(Nc1ccc(-n2ccncc2=O)cc1F)[C@@H]1C[C@H](NOCc2ccc(I)s2)CN1. The summed E-state index contributed by atoms with van der Waals surface area (Å²) in [7, 11) is 0. The van der Waals surface area contributed by atoms with E-state index in [0.717, 1.165) is 11.1 Å². The molecule has 2 aromatic heterocycles. The number of halogens is 2. The Morgan fingerprint density at radius 1 is 1.39 bits per heavy atom. The van der Waals surface area contributed by atoms with Gasteiger partial charge in [-0.3, -0.25) is 24.0 Å². The molecule has 0 aliphatic carbocycles. The molecule has 1 fully saturated rings. The molecule has 0 bridgehead atoms. The van der Waals surface area contributed by atoms with Crippen molar-refractivity contribution in [3.05, 3.63) is 72.9 Å². The van der Waals surface area contributed by atoms with Gasteiger partial charge in [-0.25, -0.2) is 4.39 Å². The first-order valence-corrected chi connectivity index (χ1v) is 11.4. The molecule has 1 amide bonds. The van der Waals surface area contributed by atoms with Gasteiger partial charge in [-0.05, 0) is 53.3 Å². The maximum atomic E-state index is 14.5. The number of hydroxylamine groups is 1. The quantitative estimate of drug-likeness (QED) is 0.306. The van der Waals surface area contributed by atoms with Gasteiger partial charge in [-0.15, -0.1) is 11.3 Å². The maximum Gasteiger partial charge on any atom is 0.273 e. The van der Waals surface area contributed by atoms with Crippen molar-refractivity contribution in [2.45, 2.75) is 25.1 Å². The van der Waals surface area contributed by atoms with Crippen molar-refractivity contribution in [3.8, 4) is 5.69 Å². The Labute approximate surface area is 194 Å². The van der Waals surface area contributed by atoms with Crippen LogP contribution >= 0.6 is 33.9 Å². The molecule has 1 aliphatic heterocycles. The zero-order valence-electron chi connectivity index (χ0n) is 16.2. The molecule has 0 spiro atoms. The zero-order chi connectivity index (χ0) is 21.8. The summed E-state index contributed by atoms with van der Waals surface area (Å²) in [5.41, 5.74) is 3.01. The normalized spacial score (nSPS) is 18.3. The van der Waals surface area contributed by atoms with Gasteiger partial charge in [0.05, 0.1) is 26.5 Å². The van der Waals surface area contributed by atoms with Gasteiger partial charge in [0.15, 0.2) is 0 Å². The summed E-state index contributed by atoms with van der Waals surface area (Å²) in [6.45, 7) is 1.02. The van der Waals surface area contributed by atoms with Crippen molar-refractivity contribution in [1.29, 1.82) is 0 Å². The van der Waals surface area contributed by atoms with Crippen molar-refractivity contribution in [1.82, 2.24) is 20.3 Å². The van der Waals surface area contributed by atoms with Crippen LogP contribution < -0.4 is 21.7 Å². The zero-order valence-corrected chi connectivity index (χ0v) is 19.2. The van der Waals surface area contributed by atoms with Crippen molar-refractivity contribution >= 4 is 45.5 Å². The monoisotopic (exact) mass is 555 g/mol. The predicted octanol–water partition coefficient (Wildman–Crippen LogP) is 2.43. The highest BCUT2D eigenvalue weighted by molar-refractivity contribution is 14.1. The molecule has 8 nitrogen and oxygen atoms in total. The molecule has 3 aromatic rings. The van der Waals surface area contributed by atoms with Gasteiger partial charge in [-0.2, -0.15) is 5.48 Å². The summed E-state index contributed by atoms with van der Waals surface area (Å²) >= 11 is 3.92.